The Hall–Kier alpha value is -2.37. The highest BCUT2D eigenvalue weighted by molar-refractivity contribution is 5.95. The summed E-state index contributed by atoms with van der Waals surface area (Å²) in [6, 6.07) is 6.08. The van der Waals surface area contributed by atoms with Crippen LogP contribution in [0.15, 0.2) is 24.3 Å². The zero-order chi connectivity index (χ0) is 11.7. The highest BCUT2D eigenvalue weighted by Crippen LogP contribution is 2.21. The summed E-state index contributed by atoms with van der Waals surface area (Å²) < 4.78 is 4.56. The van der Waals surface area contributed by atoms with Gasteiger partial charge >= 0.3 is 11.8 Å². The number of fused-ring (bicyclic) bond motifs is 1. The molecule has 0 saturated carbocycles. The van der Waals surface area contributed by atoms with Crippen LogP contribution >= 0.6 is 0 Å². The van der Waals surface area contributed by atoms with Crippen molar-refractivity contribution in [2.75, 3.05) is 7.11 Å². The Labute approximate surface area is 90.0 Å². The summed E-state index contributed by atoms with van der Waals surface area (Å²) in [4.78, 5) is 23.9. The predicted octanol–water partition coefficient (Wildman–Crippen LogP) is 1.86. The van der Waals surface area contributed by atoms with E-state index < -0.39 is 10.9 Å². The Morgan fingerprint density at radius 1 is 1.44 bits per heavy atom. The van der Waals surface area contributed by atoms with Gasteiger partial charge in [-0.15, -0.1) is 0 Å². The minimum absolute atomic E-state index is 0.1000. The minimum atomic E-state index is -0.516. The number of rotatable bonds is 2. The summed E-state index contributed by atoms with van der Waals surface area (Å²) in [5.74, 6) is -0.567. The average Bonchev–Trinajstić information content (AvgIpc) is 2.70. The second kappa shape index (κ2) is 3.65. The molecular weight excluding hydrogens is 212 g/mol. The van der Waals surface area contributed by atoms with E-state index in [-0.39, 0.29) is 5.82 Å². The molecule has 0 fully saturated rings. The number of nitrogens with one attached hydrogen (secondary N) is 1. The maximum absolute atomic E-state index is 11.2. The van der Waals surface area contributed by atoms with Crippen molar-refractivity contribution in [3.63, 3.8) is 0 Å². The first kappa shape index (κ1) is 10.2. The molecular formula is C10H8N2O4. The molecule has 2 aromatic rings. The SMILES string of the molecule is COC(=O)c1ccc2[nH]c([N+](=O)[O-])cc2c1. The third-order valence-corrected chi connectivity index (χ3v) is 2.22. The Morgan fingerprint density at radius 2 is 2.19 bits per heavy atom. The van der Waals surface area contributed by atoms with Gasteiger partial charge in [-0.25, -0.2) is 9.78 Å². The van der Waals surface area contributed by atoms with Crippen LogP contribution in [0.4, 0.5) is 5.82 Å². The molecule has 0 bridgehead atoms. The molecule has 0 aliphatic heterocycles. The summed E-state index contributed by atoms with van der Waals surface area (Å²) in [6.45, 7) is 0. The lowest BCUT2D eigenvalue weighted by Gasteiger charge is -1.96. The van der Waals surface area contributed by atoms with Gasteiger partial charge in [0.15, 0.2) is 0 Å². The second-order valence-corrected chi connectivity index (χ2v) is 3.21. The molecule has 16 heavy (non-hydrogen) atoms. The molecule has 6 heteroatoms. The van der Waals surface area contributed by atoms with E-state index in [1.54, 1.807) is 18.2 Å². The molecule has 0 saturated heterocycles. The van der Waals surface area contributed by atoms with Gasteiger partial charge in [0.1, 0.15) is 5.52 Å². The van der Waals surface area contributed by atoms with Crippen LogP contribution in [0.25, 0.3) is 10.9 Å². The van der Waals surface area contributed by atoms with E-state index in [4.69, 9.17) is 0 Å². The standard InChI is InChI=1S/C10H8N2O4/c1-16-10(13)6-2-3-8-7(4-6)5-9(11-8)12(14)15/h2-5,11H,1H3. The maximum Gasteiger partial charge on any atom is 0.337 e. The molecule has 1 aromatic carbocycles. The summed E-state index contributed by atoms with van der Waals surface area (Å²) in [5, 5.41) is 11.1. The highest BCUT2D eigenvalue weighted by Gasteiger charge is 2.12. The molecule has 0 radical (unpaired) electrons. The van der Waals surface area contributed by atoms with Crippen molar-refractivity contribution in [1.29, 1.82) is 0 Å². The molecule has 0 unspecified atom stereocenters. The van der Waals surface area contributed by atoms with E-state index in [2.05, 4.69) is 9.72 Å². The number of carbonyl (C=O) groups excluding carboxylic acids is 1. The second-order valence-electron chi connectivity index (χ2n) is 3.21. The Bertz CT molecular complexity index is 573. The molecule has 0 aliphatic rings. The van der Waals surface area contributed by atoms with Gasteiger partial charge in [-0.3, -0.25) is 0 Å². The molecule has 1 aromatic heterocycles. The van der Waals surface area contributed by atoms with Gasteiger partial charge in [-0.2, -0.15) is 0 Å². The van der Waals surface area contributed by atoms with Crippen LogP contribution in [0.1, 0.15) is 10.4 Å². The number of hydrogen-bond donors (Lipinski definition) is 1. The number of H-pyrrole nitrogens is 1. The van der Waals surface area contributed by atoms with Crippen molar-refractivity contribution in [2.45, 2.75) is 0 Å². The van der Waals surface area contributed by atoms with Gasteiger partial charge in [-0.1, -0.05) is 0 Å². The van der Waals surface area contributed by atoms with E-state index >= 15 is 0 Å². The van der Waals surface area contributed by atoms with E-state index in [1.807, 2.05) is 0 Å². The molecule has 6 nitrogen and oxygen atoms in total. The van der Waals surface area contributed by atoms with E-state index in [0.717, 1.165) is 0 Å². The molecule has 1 heterocycles. The monoisotopic (exact) mass is 220 g/mol. The lowest BCUT2D eigenvalue weighted by Crippen LogP contribution is -2.00. The molecule has 0 aliphatic carbocycles. The van der Waals surface area contributed by atoms with Crippen molar-refractivity contribution >= 4 is 22.7 Å². The molecule has 0 spiro atoms. The molecule has 82 valence electrons. The molecule has 0 atom stereocenters. The quantitative estimate of drug-likeness (QED) is 0.475. The fraction of sp³-hybridized carbons (Fsp3) is 0.100. The zero-order valence-electron chi connectivity index (χ0n) is 8.39. The van der Waals surface area contributed by atoms with Crippen molar-refractivity contribution in [3.05, 3.63) is 39.9 Å². The van der Waals surface area contributed by atoms with Gasteiger partial charge in [-0.05, 0) is 23.1 Å². The maximum atomic E-state index is 11.2. The number of benzene rings is 1. The summed E-state index contributed by atoms with van der Waals surface area (Å²) in [6.07, 6.45) is 0. The fourth-order valence-electron chi connectivity index (χ4n) is 1.46. The number of methoxy groups -OCH3 is 1. The van der Waals surface area contributed by atoms with Gasteiger partial charge in [0.2, 0.25) is 0 Å². The van der Waals surface area contributed by atoms with E-state index in [0.29, 0.717) is 16.5 Å². The number of ether oxygens (including phenoxy) is 1. The molecule has 0 amide bonds. The van der Waals surface area contributed by atoms with Crippen LogP contribution in [-0.4, -0.2) is 23.0 Å². The Kier molecular flexibility index (Phi) is 2.32. The first-order valence-corrected chi connectivity index (χ1v) is 4.47. The van der Waals surface area contributed by atoms with Crippen molar-refractivity contribution in [1.82, 2.24) is 4.98 Å². The third kappa shape index (κ3) is 1.60. The summed E-state index contributed by atoms with van der Waals surface area (Å²) >= 11 is 0. The first-order valence-electron chi connectivity index (χ1n) is 4.47. The van der Waals surface area contributed by atoms with Gasteiger partial charge < -0.3 is 14.9 Å². The number of aromatic nitrogens is 1. The predicted molar refractivity (Wildman–Crippen MR) is 56.3 cm³/mol. The van der Waals surface area contributed by atoms with E-state index in [1.165, 1.54) is 13.2 Å². The highest BCUT2D eigenvalue weighted by atomic mass is 16.6. The number of carbonyl (C=O) groups is 1. The number of aromatic amines is 1. The molecule has 1 N–H and O–H groups in total. The van der Waals surface area contributed by atoms with Crippen molar-refractivity contribution in [2.24, 2.45) is 0 Å². The Morgan fingerprint density at radius 3 is 2.81 bits per heavy atom. The normalized spacial score (nSPS) is 10.3. The smallest absolute Gasteiger partial charge is 0.337 e. The third-order valence-electron chi connectivity index (χ3n) is 2.22. The van der Waals surface area contributed by atoms with Crippen LogP contribution < -0.4 is 0 Å². The van der Waals surface area contributed by atoms with Crippen LogP contribution in [0.3, 0.4) is 0 Å². The van der Waals surface area contributed by atoms with Crippen LogP contribution in [0, 0.1) is 10.1 Å². The summed E-state index contributed by atoms with van der Waals surface area (Å²) in [5.41, 5.74) is 0.975. The zero-order valence-corrected chi connectivity index (χ0v) is 8.39. The van der Waals surface area contributed by atoms with Gasteiger partial charge in [0.25, 0.3) is 0 Å². The number of nitrogens with zero attached hydrogens (tertiary/aromatic N) is 1. The van der Waals surface area contributed by atoms with Gasteiger partial charge in [0.05, 0.1) is 12.7 Å². The van der Waals surface area contributed by atoms with Crippen LogP contribution in [-0.2, 0) is 4.74 Å². The first-order chi connectivity index (χ1) is 7.61. The number of esters is 1. The minimum Gasteiger partial charge on any atom is -0.465 e. The van der Waals surface area contributed by atoms with E-state index in [9.17, 15) is 14.9 Å². The topological polar surface area (TPSA) is 85.2 Å². The largest absolute Gasteiger partial charge is 0.465 e. The lowest BCUT2D eigenvalue weighted by molar-refractivity contribution is -0.389. The van der Waals surface area contributed by atoms with Crippen molar-refractivity contribution < 1.29 is 14.5 Å². The Balaban J connectivity index is 2.53. The van der Waals surface area contributed by atoms with Gasteiger partial charge in [0, 0.05) is 11.5 Å². The lowest BCUT2D eigenvalue weighted by atomic mass is 10.1. The number of nitro groups is 1. The van der Waals surface area contributed by atoms with Crippen LogP contribution in [0.5, 0.6) is 0 Å². The fourth-order valence-corrected chi connectivity index (χ4v) is 1.46. The van der Waals surface area contributed by atoms with Crippen molar-refractivity contribution in [3.8, 4) is 0 Å². The molecule has 2 rings (SSSR count). The number of hydrogen-bond acceptors (Lipinski definition) is 4. The average molecular weight is 220 g/mol. The van der Waals surface area contributed by atoms with Crippen LogP contribution in [0.2, 0.25) is 0 Å². The summed E-state index contributed by atoms with van der Waals surface area (Å²) in [7, 11) is 1.28.